The first-order chi connectivity index (χ1) is 12.3. The Morgan fingerprint density at radius 2 is 2.15 bits per heavy atom. The Morgan fingerprint density at radius 3 is 2.85 bits per heavy atom. The van der Waals surface area contributed by atoms with Crippen LogP contribution in [-0.4, -0.2) is 37.9 Å². The lowest BCUT2D eigenvalue weighted by Gasteiger charge is -2.54. The second kappa shape index (κ2) is 7.47. The van der Waals surface area contributed by atoms with Crippen molar-refractivity contribution < 1.29 is 9.47 Å². The largest absolute Gasteiger partial charge is 0.491 e. The van der Waals surface area contributed by atoms with Crippen LogP contribution in [0.15, 0.2) is 23.2 Å². The minimum absolute atomic E-state index is 0.133. The van der Waals surface area contributed by atoms with Crippen LogP contribution in [0.2, 0.25) is 0 Å². The third-order valence-electron chi connectivity index (χ3n) is 5.65. The Labute approximate surface area is 157 Å². The van der Waals surface area contributed by atoms with Crippen molar-refractivity contribution in [2.45, 2.75) is 65.8 Å². The summed E-state index contributed by atoms with van der Waals surface area (Å²) in [6.45, 7) is 12.3. The summed E-state index contributed by atoms with van der Waals surface area (Å²) in [6.07, 6.45) is 1.66. The summed E-state index contributed by atoms with van der Waals surface area (Å²) in [7, 11) is 1.82. The van der Waals surface area contributed by atoms with Gasteiger partial charge in [0.05, 0.1) is 12.2 Å². The van der Waals surface area contributed by atoms with Gasteiger partial charge in [-0.15, -0.1) is 0 Å². The van der Waals surface area contributed by atoms with Crippen LogP contribution in [0, 0.1) is 18.3 Å². The van der Waals surface area contributed by atoms with Gasteiger partial charge < -0.3 is 20.1 Å². The first-order valence-electron chi connectivity index (χ1n) is 9.68. The van der Waals surface area contributed by atoms with Crippen molar-refractivity contribution in [2.24, 2.45) is 16.3 Å². The summed E-state index contributed by atoms with van der Waals surface area (Å²) >= 11 is 0. The molecule has 2 N–H and O–H groups in total. The molecule has 26 heavy (non-hydrogen) atoms. The summed E-state index contributed by atoms with van der Waals surface area (Å²) in [6, 6.07) is 6.74. The number of nitrogens with one attached hydrogen (secondary N) is 2. The molecular weight excluding hydrogens is 326 g/mol. The van der Waals surface area contributed by atoms with Gasteiger partial charge in [0, 0.05) is 43.1 Å². The molecule has 1 saturated carbocycles. The van der Waals surface area contributed by atoms with E-state index >= 15 is 0 Å². The molecule has 0 spiro atoms. The van der Waals surface area contributed by atoms with Gasteiger partial charge in [0.1, 0.15) is 5.75 Å². The molecule has 1 aromatic carbocycles. The predicted molar refractivity (Wildman–Crippen MR) is 106 cm³/mol. The number of guanidine groups is 1. The molecule has 5 heteroatoms. The van der Waals surface area contributed by atoms with E-state index in [4.69, 9.17) is 9.47 Å². The molecule has 1 aliphatic carbocycles. The van der Waals surface area contributed by atoms with E-state index < -0.39 is 0 Å². The van der Waals surface area contributed by atoms with Crippen LogP contribution < -0.4 is 15.4 Å². The Hall–Kier alpha value is -1.75. The van der Waals surface area contributed by atoms with Crippen molar-refractivity contribution in [1.29, 1.82) is 0 Å². The molecule has 1 heterocycles. The Bertz CT molecular complexity index is 669. The lowest BCUT2D eigenvalue weighted by Crippen LogP contribution is -2.67. The van der Waals surface area contributed by atoms with E-state index in [1.54, 1.807) is 0 Å². The van der Waals surface area contributed by atoms with Gasteiger partial charge >= 0.3 is 0 Å². The summed E-state index contributed by atoms with van der Waals surface area (Å²) in [5.41, 5.74) is 2.48. The average molecular weight is 360 g/mol. The van der Waals surface area contributed by atoms with Crippen LogP contribution in [0.5, 0.6) is 5.75 Å². The van der Waals surface area contributed by atoms with E-state index in [0.29, 0.717) is 24.6 Å². The van der Waals surface area contributed by atoms with E-state index in [2.05, 4.69) is 68.4 Å². The van der Waals surface area contributed by atoms with Crippen molar-refractivity contribution in [3.8, 4) is 5.75 Å². The number of hydrogen-bond donors (Lipinski definition) is 2. The van der Waals surface area contributed by atoms with Crippen molar-refractivity contribution in [2.75, 3.05) is 13.7 Å². The molecule has 5 nitrogen and oxygen atoms in total. The van der Waals surface area contributed by atoms with Gasteiger partial charge in [-0.25, -0.2) is 0 Å². The van der Waals surface area contributed by atoms with Gasteiger partial charge in [0.15, 0.2) is 5.96 Å². The fourth-order valence-corrected chi connectivity index (χ4v) is 4.31. The van der Waals surface area contributed by atoms with Gasteiger partial charge in [-0.3, -0.25) is 4.99 Å². The van der Waals surface area contributed by atoms with Crippen molar-refractivity contribution >= 4 is 5.96 Å². The van der Waals surface area contributed by atoms with E-state index in [1.165, 1.54) is 5.56 Å². The van der Waals surface area contributed by atoms with Gasteiger partial charge in [-0.1, -0.05) is 26.0 Å². The highest BCUT2D eigenvalue weighted by molar-refractivity contribution is 5.80. The average Bonchev–Trinajstić information content (AvgIpc) is 3.03. The molecule has 0 amide bonds. The smallest absolute Gasteiger partial charge is 0.191 e. The van der Waals surface area contributed by atoms with Gasteiger partial charge in [0.25, 0.3) is 0 Å². The number of fused-ring (bicyclic) bond motifs is 1. The zero-order valence-corrected chi connectivity index (χ0v) is 16.9. The molecule has 0 bridgehead atoms. The number of aliphatic imine (C=N–C) groups is 1. The van der Waals surface area contributed by atoms with Gasteiger partial charge in [-0.2, -0.15) is 0 Å². The minimum Gasteiger partial charge on any atom is -0.491 e. The fourth-order valence-electron chi connectivity index (χ4n) is 4.31. The van der Waals surface area contributed by atoms with Crippen LogP contribution in [-0.2, 0) is 11.3 Å². The maximum Gasteiger partial charge on any atom is 0.191 e. The highest BCUT2D eigenvalue weighted by Gasteiger charge is 2.59. The second-order valence-corrected chi connectivity index (χ2v) is 8.39. The van der Waals surface area contributed by atoms with Crippen molar-refractivity contribution in [1.82, 2.24) is 10.6 Å². The molecule has 1 aliphatic heterocycles. The normalized spacial score (nSPS) is 27.0. The third-order valence-corrected chi connectivity index (χ3v) is 5.65. The number of hydrogen-bond acceptors (Lipinski definition) is 3. The summed E-state index contributed by atoms with van der Waals surface area (Å²) in [5, 5.41) is 7.08. The first kappa shape index (κ1) is 19.0. The number of nitrogens with zero attached hydrogens (tertiary/aromatic N) is 1. The zero-order chi connectivity index (χ0) is 18.9. The van der Waals surface area contributed by atoms with E-state index in [0.717, 1.165) is 30.3 Å². The quantitative estimate of drug-likeness (QED) is 0.626. The van der Waals surface area contributed by atoms with Crippen LogP contribution in [0.25, 0.3) is 0 Å². The molecule has 3 unspecified atom stereocenters. The Kier molecular flexibility index (Phi) is 5.47. The number of rotatable bonds is 5. The Morgan fingerprint density at radius 1 is 1.38 bits per heavy atom. The topological polar surface area (TPSA) is 54.9 Å². The molecule has 0 aromatic heterocycles. The molecule has 1 aromatic rings. The van der Waals surface area contributed by atoms with Crippen LogP contribution >= 0.6 is 0 Å². The Balaban J connectivity index is 1.63. The minimum atomic E-state index is 0.133. The molecule has 144 valence electrons. The third kappa shape index (κ3) is 3.68. The highest BCUT2D eigenvalue weighted by Crippen LogP contribution is 2.52. The van der Waals surface area contributed by atoms with Gasteiger partial charge in [0.2, 0.25) is 0 Å². The summed E-state index contributed by atoms with van der Waals surface area (Å²) in [5.74, 6) is 2.36. The lowest BCUT2D eigenvalue weighted by atomic mass is 9.57. The fraction of sp³-hybridized carbons (Fsp3) is 0.667. The zero-order valence-electron chi connectivity index (χ0n) is 16.9. The standard InChI is InChI=1S/C21H33N3O2/c1-13(2)26-17-11-14(3)7-8-15(17)12-23-20(22-6)24-18-16-9-10-25-19(16)21(18,4)5/h7-8,11,13,16,18-19H,9-10,12H2,1-6H3,(H2,22,23,24). The van der Waals surface area contributed by atoms with Crippen LogP contribution in [0.4, 0.5) is 0 Å². The van der Waals surface area contributed by atoms with Crippen molar-refractivity contribution in [3.63, 3.8) is 0 Å². The van der Waals surface area contributed by atoms with Gasteiger partial charge in [-0.05, 0) is 38.8 Å². The van der Waals surface area contributed by atoms with Crippen LogP contribution in [0.3, 0.4) is 0 Å². The second-order valence-electron chi connectivity index (χ2n) is 8.39. The first-order valence-corrected chi connectivity index (χ1v) is 9.68. The molecule has 0 radical (unpaired) electrons. The van der Waals surface area contributed by atoms with Crippen molar-refractivity contribution in [3.05, 3.63) is 29.3 Å². The molecule has 1 saturated heterocycles. The number of aryl methyl sites for hydroxylation is 1. The highest BCUT2D eigenvalue weighted by atomic mass is 16.5. The summed E-state index contributed by atoms with van der Waals surface area (Å²) in [4.78, 5) is 4.43. The lowest BCUT2D eigenvalue weighted by molar-refractivity contribution is -0.106. The van der Waals surface area contributed by atoms with E-state index in [-0.39, 0.29) is 11.5 Å². The maximum atomic E-state index is 5.98. The summed E-state index contributed by atoms with van der Waals surface area (Å²) < 4.78 is 11.9. The predicted octanol–water partition coefficient (Wildman–Crippen LogP) is 3.26. The SMILES string of the molecule is CN=C(NCc1ccc(C)cc1OC(C)C)NC1C2CCOC2C1(C)C. The number of benzene rings is 1. The molecular formula is C21H33N3O2. The maximum absolute atomic E-state index is 5.98. The molecule has 3 rings (SSSR count). The van der Waals surface area contributed by atoms with E-state index in [1.807, 2.05) is 7.05 Å². The van der Waals surface area contributed by atoms with Crippen LogP contribution in [0.1, 0.15) is 45.2 Å². The molecule has 2 fully saturated rings. The monoisotopic (exact) mass is 359 g/mol. The number of ether oxygens (including phenoxy) is 2. The van der Waals surface area contributed by atoms with E-state index in [9.17, 15) is 0 Å². The molecule has 2 aliphatic rings. The molecule has 3 atom stereocenters.